The van der Waals surface area contributed by atoms with Gasteiger partial charge in [0, 0.05) is 28.4 Å². The molecule has 0 spiro atoms. The molecule has 0 amide bonds. The van der Waals surface area contributed by atoms with E-state index < -0.39 is 0 Å². The quantitative estimate of drug-likeness (QED) is 0.773. The van der Waals surface area contributed by atoms with Crippen molar-refractivity contribution in [1.82, 2.24) is 0 Å². The Morgan fingerprint density at radius 1 is 0.900 bits per heavy atom. The lowest BCUT2D eigenvalue weighted by Gasteiger charge is -2.21. The zero-order valence-electron chi connectivity index (χ0n) is 11.1. The van der Waals surface area contributed by atoms with E-state index in [-0.39, 0.29) is 17.6 Å². The van der Waals surface area contributed by atoms with E-state index in [0.29, 0.717) is 27.9 Å². The zero-order valence-corrected chi connectivity index (χ0v) is 11.1. The largest absolute Gasteiger partial charge is 0.382 e. The fourth-order valence-corrected chi connectivity index (χ4v) is 2.53. The van der Waals surface area contributed by atoms with Gasteiger partial charge in [0.25, 0.3) is 0 Å². The number of fused-ring (bicyclic) bond motifs is 2. The van der Waals surface area contributed by atoms with Crippen LogP contribution in [0.2, 0.25) is 0 Å². The highest BCUT2D eigenvalue weighted by molar-refractivity contribution is 6.30. The van der Waals surface area contributed by atoms with Gasteiger partial charge in [-0.3, -0.25) is 9.59 Å². The van der Waals surface area contributed by atoms with Crippen LogP contribution in [0, 0.1) is 6.92 Å². The van der Waals surface area contributed by atoms with Crippen LogP contribution in [0.4, 0.5) is 5.69 Å². The van der Waals surface area contributed by atoms with Crippen molar-refractivity contribution in [2.75, 3.05) is 5.32 Å². The molecule has 0 saturated carbocycles. The number of hydrogen-bond donors (Lipinski definition) is 1. The van der Waals surface area contributed by atoms with Gasteiger partial charge in [-0.25, -0.2) is 0 Å². The van der Waals surface area contributed by atoms with Crippen LogP contribution >= 0.6 is 0 Å². The Kier molecular flexibility index (Phi) is 2.90. The molecule has 0 fully saturated rings. The number of benzene rings is 2. The molecule has 99 valence electrons. The molecule has 1 aliphatic carbocycles. The van der Waals surface area contributed by atoms with Crippen molar-refractivity contribution in [3.63, 3.8) is 0 Å². The minimum atomic E-state index is -0.112. The smallest absolute Gasteiger partial charge is 0.196 e. The average Bonchev–Trinajstić information content (AvgIpc) is 2.44. The Hall–Kier alpha value is -2.42. The maximum Gasteiger partial charge on any atom is 0.196 e. The molecule has 1 aliphatic rings. The molecule has 3 nitrogen and oxygen atoms in total. The summed E-state index contributed by atoms with van der Waals surface area (Å²) in [6.45, 7) is 5.76. The van der Waals surface area contributed by atoms with Crippen LogP contribution in [-0.4, -0.2) is 17.6 Å². The minimum Gasteiger partial charge on any atom is -0.382 e. The van der Waals surface area contributed by atoms with Gasteiger partial charge in [0.2, 0.25) is 0 Å². The van der Waals surface area contributed by atoms with E-state index in [1.54, 1.807) is 42.5 Å². The first-order chi connectivity index (χ1) is 9.59. The molecule has 0 aliphatic heterocycles. The van der Waals surface area contributed by atoms with Crippen molar-refractivity contribution in [3.05, 3.63) is 71.6 Å². The van der Waals surface area contributed by atoms with Crippen molar-refractivity contribution in [3.8, 4) is 0 Å². The highest BCUT2D eigenvalue weighted by Crippen LogP contribution is 2.32. The summed E-state index contributed by atoms with van der Waals surface area (Å²) >= 11 is 0. The van der Waals surface area contributed by atoms with Crippen LogP contribution < -0.4 is 5.32 Å². The van der Waals surface area contributed by atoms with Gasteiger partial charge in [-0.1, -0.05) is 36.4 Å². The standard InChI is InChI=1S/C17H14NO2/c1-10(2)18-14-9-5-8-13-15(14)17(20)12-7-4-3-6-11(12)16(13)19/h3-10,18H,1H2,2H3/t10-/m0/s1. The van der Waals surface area contributed by atoms with E-state index >= 15 is 0 Å². The van der Waals surface area contributed by atoms with Crippen LogP contribution in [-0.2, 0) is 0 Å². The van der Waals surface area contributed by atoms with E-state index in [1.165, 1.54) is 0 Å². The number of carbonyl (C=O) groups excluding carboxylic acids is 2. The van der Waals surface area contributed by atoms with Gasteiger partial charge in [0.15, 0.2) is 11.6 Å². The first-order valence-corrected chi connectivity index (χ1v) is 6.50. The van der Waals surface area contributed by atoms with Crippen LogP contribution in [0.5, 0.6) is 0 Å². The molecule has 0 aromatic heterocycles. The van der Waals surface area contributed by atoms with Crippen molar-refractivity contribution in [2.45, 2.75) is 13.0 Å². The number of carbonyl (C=O) groups is 2. The maximum atomic E-state index is 12.6. The third-order valence-electron chi connectivity index (χ3n) is 3.35. The number of anilines is 1. The second kappa shape index (κ2) is 4.60. The minimum absolute atomic E-state index is 0.0541. The molecule has 0 heterocycles. The number of nitrogens with one attached hydrogen (secondary N) is 1. The molecule has 3 heteroatoms. The zero-order chi connectivity index (χ0) is 14.3. The molecule has 2 aromatic rings. The Morgan fingerprint density at radius 3 is 2.15 bits per heavy atom. The highest BCUT2D eigenvalue weighted by atomic mass is 16.1. The van der Waals surface area contributed by atoms with Gasteiger partial charge in [0.1, 0.15) is 0 Å². The molecule has 0 unspecified atom stereocenters. The van der Waals surface area contributed by atoms with Crippen LogP contribution in [0.1, 0.15) is 38.8 Å². The van der Waals surface area contributed by atoms with E-state index in [1.807, 2.05) is 6.92 Å². The van der Waals surface area contributed by atoms with Gasteiger partial charge in [-0.2, -0.15) is 0 Å². The van der Waals surface area contributed by atoms with Crippen molar-refractivity contribution in [2.24, 2.45) is 0 Å². The first-order valence-electron chi connectivity index (χ1n) is 6.50. The predicted octanol–water partition coefficient (Wildman–Crippen LogP) is 3.10. The van der Waals surface area contributed by atoms with Gasteiger partial charge in [0.05, 0.1) is 5.56 Å². The molecule has 0 saturated heterocycles. The third kappa shape index (κ3) is 1.83. The van der Waals surface area contributed by atoms with E-state index in [2.05, 4.69) is 12.2 Å². The summed E-state index contributed by atoms with van der Waals surface area (Å²) in [5.41, 5.74) is 2.52. The molecule has 1 N–H and O–H groups in total. The topological polar surface area (TPSA) is 46.2 Å². The molecular formula is C17H14NO2. The van der Waals surface area contributed by atoms with Crippen molar-refractivity contribution in [1.29, 1.82) is 0 Å². The normalized spacial score (nSPS) is 13.2. The fraction of sp³-hybridized carbons (Fsp3) is 0.118. The lowest BCUT2D eigenvalue weighted by molar-refractivity contribution is 0.0979. The third-order valence-corrected chi connectivity index (χ3v) is 3.35. The molecule has 0 bridgehead atoms. The van der Waals surface area contributed by atoms with E-state index in [4.69, 9.17) is 0 Å². The Bertz CT molecular complexity index is 717. The molecular weight excluding hydrogens is 250 g/mol. The number of hydrogen-bond acceptors (Lipinski definition) is 3. The van der Waals surface area contributed by atoms with Gasteiger partial charge < -0.3 is 5.32 Å². The SMILES string of the molecule is [CH2][C@@H](C)Nc1cccc2c1C(=O)c1ccccc1C2=O. The first kappa shape index (κ1) is 12.6. The summed E-state index contributed by atoms with van der Waals surface area (Å²) in [6, 6.07) is 12.2. The van der Waals surface area contributed by atoms with Gasteiger partial charge >= 0.3 is 0 Å². The summed E-state index contributed by atoms with van der Waals surface area (Å²) in [5.74, 6) is -0.213. The lowest BCUT2D eigenvalue weighted by Crippen LogP contribution is -2.23. The summed E-state index contributed by atoms with van der Waals surface area (Å²) in [5, 5.41) is 3.13. The van der Waals surface area contributed by atoms with Crippen LogP contribution in [0.25, 0.3) is 0 Å². The van der Waals surface area contributed by atoms with Crippen molar-refractivity contribution < 1.29 is 9.59 Å². The van der Waals surface area contributed by atoms with Gasteiger partial charge in [-0.05, 0) is 19.9 Å². The van der Waals surface area contributed by atoms with Crippen molar-refractivity contribution >= 4 is 17.3 Å². The lowest BCUT2D eigenvalue weighted by atomic mass is 9.83. The number of ketones is 2. The molecule has 2 aromatic carbocycles. The summed E-state index contributed by atoms with van der Waals surface area (Å²) in [4.78, 5) is 25.1. The summed E-state index contributed by atoms with van der Waals surface area (Å²) in [6.07, 6.45) is 0. The van der Waals surface area contributed by atoms with E-state index in [9.17, 15) is 9.59 Å². The maximum absolute atomic E-state index is 12.6. The second-order valence-electron chi connectivity index (χ2n) is 4.98. The summed E-state index contributed by atoms with van der Waals surface area (Å²) < 4.78 is 0. The monoisotopic (exact) mass is 264 g/mol. The number of rotatable bonds is 2. The Morgan fingerprint density at radius 2 is 1.50 bits per heavy atom. The Balaban J connectivity index is 2.23. The predicted molar refractivity (Wildman–Crippen MR) is 78.2 cm³/mol. The van der Waals surface area contributed by atoms with E-state index in [0.717, 1.165) is 0 Å². The average molecular weight is 264 g/mol. The summed E-state index contributed by atoms with van der Waals surface area (Å²) in [7, 11) is 0. The molecule has 1 radical (unpaired) electrons. The second-order valence-corrected chi connectivity index (χ2v) is 4.98. The highest BCUT2D eigenvalue weighted by Gasteiger charge is 2.31. The van der Waals surface area contributed by atoms with Crippen LogP contribution in [0.3, 0.4) is 0 Å². The van der Waals surface area contributed by atoms with Gasteiger partial charge in [-0.15, -0.1) is 0 Å². The molecule has 3 rings (SSSR count). The Labute approximate surface area is 117 Å². The molecule has 1 atom stereocenters. The van der Waals surface area contributed by atoms with Crippen LogP contribution in [0.15, 0.2) is 42.5 Å². The molecule has 20 heavy (non-hydrogen) atoms. The fourth-order valence-electron chi connectivity index (χ4n) is 2.53.